The summed E-state index contributed by atoms with van der Waals surface area (Å²) < 4.78 is 36.6. The lowest BCUT2D eigenvalue weighted by Gasteiger charge is -2.15. The molecule has 114 valence electrons. The van der Waals surface area contributed by atoms with Gasteiger partial charge in [0.05, 0.1) is 25.6 Å². The Kier molecular flexibility index (Phi) is 6.53. The maximum atomic E-state index is 10.5. The van der Waals surface area contributed by atoms with E-state index in [2.05, 4.69) is 11.4 Å². The van der Waals surface area contributed by atoms with Crippen molar-refractivity contribution in [2.75, 3.05) is 26.2 Å². The number of halogens is 3. The summed E-state index contributed by atoms with van der Waals surface area (Å²) in [6.45, 7) is 5.93. The van der Waals surface area contributed by atoms with Crippen LogP contribution in [0.15, 0.2) is 23.0 Å². The van der Waals surface area contributed by atoms with Gasteiger partial charge in [-0.25, -0.2) is 0 Å². The molecule has 1 unspecified atom stereocenters. The van der Waals surface area contributed by atoms with Gasteiger partial charge in [-0.05, 0) is 6.07 Å². The summed E-state index contributed by atoms with van der Waals surface area (Å²) in [5.41, 5.74) is 1.32. The first-order chi connectivity index (χ1) is 9.39. The molecule has 1 atom stereocenters. The van der Waals surface area contributed by atoms with E-state index in [9.17, 15) is 13.2 Å². The molecule has 5 nitrogen and oxygen atoms in total. The van der Waals surface area contributed by atoms with E-state index in [0.29, 0.717) is 0 Å². The number of alkyl halides is 3. The van der Waals surface area contributed by atoms with Crippen LogP contribution in [0.4, 0.5) is 13.2 Å². The Hall–Kier alpha value is -1.54. The Morgan fingerprint density at radius 2 is 2.10 bits per heavy atom. The van der Waals surface area contributed by atoms with Gasteiger partial charge >= 0.3 is 6.18 Å². The monoisotopic (exact) mass is 294 g/mol. The summed E-state index contributed by atoms with van der Waals surface area (Å²) in [5.74, 6) is -3.01. The second-order valence-corrected chi connectivity index (χ2v) is 4.45. The lowest BCUT2D eigenvalue weighted by molar-refractivity contribution is -0.911. The Morgan fingerprint density at radius 1 is 1.40 bits per heavy atom. The second kappa shape index (κ2) is 7.91. The summed E-state index contributed by atoms with van der Waals surface area (Å²) in [5, 5.41) is 12.2. The number of nitrogens with one attached hydrogen (secondary N) is 2. The number of carboxylic acid groups (broad SMARTS) is 1. The summed E-state index contributed by atoms with van der Waals surface area (Å²) in [6.07, 6.45) is -0.302. The number of hydrogen-bond acceptors (Lipinski definition) is 4. The summed E-state index contributed by atoms with van der Waals surface area (Å²) in [6, 6.07) is 2.06. The van der Waals surface area contributed by atoms with Crippen molar-refractivity contribution in [3.05, 3.63) is 24.2 Å². The van der Waals surface area contributed by atoms with E-state index in [1.807, 2.05) is 6.26 Å². The van der Waals surface area contributed by atoms with E-state index >= 15 is 0 Å². The van der Waals surface area contributed by atoms with Crippen LogP contribution < -0.4 is 15.3 Å². The topological polar surface area (TPSA) is 69.7 Å². The number of aliphatic carboxylic acids is 1. The largest absolute Gasteiger partial charge is 0.542 e. The van der Waals surface area contributed by atoms with Crippen LogP contribution >= 0.6 is 0 Å². The van der Waals surface area contributed by atoms with Crippen molar-refractivity contribution in [3.63, 3.8) is 0 Å². The first-order valence-corrected chi connectivity index (χ1v) is 6.23. The molecule has 0 aromatic carbocycles. The van der Waals surface area contributed by atoms with Crippen LogP contribution in [0.2, 0.25) is 0 Å². The molecule has 2 heterocycles. The summed E-state index contributed by atoms with van der Waals surface area (Å²) in [4.78, 5) is 10.4. The minimum absolute atomic E-state index is 1.11. The van der Waals surface area contributed by atoms with Crippen molar-refractivity contribution in [1.82, 2.24) is 5.32 Å². The standard InChI is InChI=1S/C10H16N2O.C2HF3O2/c1-3-11-4-6-12(5-1)8-10-2-7-13-9-10;3-2(4,5)1(6)7/h2,7,9,11H,1,3-6,8H2;(H,6,7). The Balaban J connectivity index is 0.000000246. The zero-order valence-electron chi connectivity index (χ0n) is 10.8. The highest BCUT2D eigenvalue weighted by atomic mass is 19.4. The first-order valence-electron chi connectivity index (χ1n) is 6.23. The Bertz CT molecular complexity index is 385. The highest BCUT2D eigenvalue weighted by molar-refractivity contribution is 5.70. The predicted octanol–water partition coefficient (Wildman–Crippen LogP) is -1.04. The van der Waals surface area contributed by atoms with Crippen LogP contribution in [-0.2, 0) is 11.3 Å². The molecule has 0 saturated carbocycles. The second-order valence-electron chi connectivity index (χ2n) is 4.45. The van der Waals surface area contributed by atoms with Crippen molar-refractivity contribution in [1.29, 1.82) is 0 Å². The Morgan fingerprint density at radius 3 is 2.65 bits per heavy atom. The molecule has 8 heteroatoms. The molecule has 0 aliphatic carbocycles. The van der Waals surface area contributed by atoms with Gasteiger partial charge in [0.1, 0.15) is 12.5 Å². The van der Waals surface area contributed by atoms with Crippen molar-refractivity contribution < 1.29 is 32.4 Å². The lowest BCUT2D eigenvalue weighted by atomic mass is 10.3. The molecule has 1 aliphatic rings. The minimum atomic E-state index is -5.19. The van der Waals surface area contributed by atoms with Gasteiger partial charge in [-0.1, -0.05) is 0 Å². The zero-order valence-corrected chi connectivity index (χ0v) is 10.8. The average molecular weight is 294 g/mol. The molecule has 2 rings (SSSR count). The number of quaternary nitrogens is 1. The number of furan rings is 1. The van der Waals surface area contributed by atoms with Gasteiger partial charge in [-0.15, -0.1) is 0 Å². The van der Waals surface area contributed by atoms with E-state index in [-0.39, 0.29) is 0 Å². The van der Waals surface area contributed by atoms with Gasteiger partial charge in [0.25, 0.3) is 0 Å². The smallest absolute Gasteiger partial charge is 0.430 e. The Labute approximate surface area is 114 Å². The van der Waals surface area contributed by atoms with Crippen LogP contribution in [0.25, 0.3) is 0 Å². The molecule has 20 heavy (non-hydrogen) atoms. The van der Waals surface area contributed by atoms with E-state index in [0.717, 1.165) is 13.1 Å². The third-order valence-electron chi connectivity index (χ3n) is 2.80. The maximum absolute atomic E-state index is 10.5. The summed E-state index contributed by atoms with van der Waals surface area (Å²) in [7, 11) is 0. The SMILES string of the molecule is O=C([O-])C(F)(F)F.c1cc(C[NH+]2CCCNCC2)co1. The molecule has 1 fully saturated rings. The maximum Gasteiger partial charge on any atom is 0.430 e. The van der Waals surface area contributed by atoms with Crippen LogP contribution in [0.5, 0.6) is 0 Å². The van der Waals surface area contributed by atoms with Crippen molar-refractivity contribution in [3.8, 4) is 0 Å². The molecule has 0 amide bonds. The lowest BCUT2D eigenvalue weighted by Crippen LogP contribution is -3.11. The molecule has 0 spiro atoms. The first kappa shape index (κ1) is 16.5. The fourth-order valence-corrected chi connectivity index (χ4v) is 1.84. The minimum Gasteiger partial charge on any atom is -0.542 e. The van der Waals surface area contributed by atoms with Gasteiger partial charge in [0.15, 0.2) is 0 Å². The number of carbonyl (C=O) groups is 1. The molecule has 1 saturated heterocycles. The van der Waals surface area contributed by atoms with E-state index in [4.69, 9.17) is 14.3 Å². The highest BCUT2D eigenvalue weighted by Gasteiger charge is 2.28. The van der Waals surface area contributed by atoms with Gasteiger partial charge in [-0.3, -0.25) is 0 Å². The molecule has 1 aromatic heterocycles. The molecule has 1 aromatic rings. The van der Waals surface area contributed by atoms with Crippen molar-refractivity contribution >= 4 is 5.97 Å². The van der Waals surface area contributed by atoms with Crippen LogP contribution in [0, 0.1) is 0 Å². The fraction of sp³-hybridized carbons (Fsp3) is 0.583. The number of carbonyl (C=O) groups excluding carboxylic acids is 1. The normalized spacial score (nSPS) is 19.6. The molecule has 1 aliphatic heterocycles. The number of carboxylic acids is 1. The molecule has 0 bridgehead atoms. The number of rotatable bonds is 2. The molecular formula is C12H17F3N2O3. The third-order valence-corrected chi connectivity index (χ3v) is 2.80. The zero-order chi connectivity index (χ0) is 15.0. The molecule has 0 radical (unpaired) electrons. The number of hydrogen-bond donors (Lipinski definition) is 2. The molecule has 2 N–H and O–H groups in total. The van der Waals surface area contributed by atoms with Gasteiger partial charge in [0.2, 0.25) is 0 Å². The van der Waals surface area contributed by atoms with Gasteiger partial charge in [-0.2, -0.15) is 13.2 Å². The predicted molar refractivity (Wildman–Crippen MR) is 61.7 cm³/mol. The van der Waals surface area contributed by atoms with E-state index in [1.165, 1.54) is 31.6 Å². The molecular weight excluding hydrogens is 277 g/mol. The van der Waals surface area contributed by atoms with E-state index in [1.54, 1.807) is 11.2 Å². The highest BCUT2D eigenvalue weighted by Crippen LogP contribution is 2.11. The third kappa shape index (κ3) is 6.58. The van der Waals surface area contributed by atoms with Crippen LogP contribution in [0.3, 0.4) is 0 Å². The van der Waals surface area contributed by atoms with Crippen molar-refractivity contribution in [2.45, 2.75) is 19.1 Å². The van der Waals surface area contributed by atoms with Crippen LogP contribution in [0.1, 0.15) is 12.0 Å². The van der Waals surface area contributed by atoms with E-state index < -0.39 is 12.1 Å². The van der Waals surface area contributed by atoms with Gasteiger partial charge < -0.3 is 24.5 Å². The quantitative estimate of drug-likeness (QED) is 0.731. The average Bonchev–Trinajstić information content (AvgIpc) is 2.72. The summed E-state index contributed by atoms with van der Waals surface area (Å²) >= 11 is 0. The van der Waals surface area contributed by atoms with Crippen LogP contribution in [-0.4, -0.2) is 38.3 Å². The fourth-order valence-electron chi connectivity index (χ4n) is 1.84. The van der Waals surface area contributed by atoms with Gasteiger partial charge in [0, 0.05) is 25.1 Å². The van der Waals surface area contributed by atoms with Crippen molar-refractivity contribution in [2.24, 2.45) is 0 Å².